The second-order valence-electron chi connectivity index (χ2n) is 4.94. The lowest BCUT2D eigenvalue weighted by Crippen LogP contribution is -2.36. The molecule has 1 aromatic rings. The Hall–Kier alpha value is -0.620. The smallest absolute Gasteiger partial charge is 0.252 e. The highest BCUT2D eigenvalue weighted by Crippen LogP contribution is 2.17. The molecule has 1 rings (SSSR count). The van der Waals surface area contributed by atoms with Crippen LogP contribution < -0.4 is 5.32 Å². The molecule has 2 N–H and O–H groups in total. The molecule has 0 aliphatic carbocycles. The minimum atomic E-state index is -0.287. The molecule has 0 saturated carbocycles. The zero-order chi connectivity index (χ0) is 13.1. The summed E-state index contributed by atoms with van der Waals surface area (Å²) in [5, 5.41) is 12.0. The van der Waals surface area contributed by atoms with Gasteiger partial charge < -0.3 is 10.4 Å². The number of hydrogen-bond donors (Lipinski definition) is 2. The van der Waals surface area contributed by atoms with Crippen molar-refractivity contribution in [2.24, 2.45) is 5.41 Å². The summed E-state index contributed by atoms with van der Waals surface area (Å²) in [5.41, 5.74) is 1.50. The van der Waals surface area contributed by atoms with Gasteiger partial charge in [0, 0.05) is 22.1 Å². The number of rotatable bonds is 4. The number of aryl methyl sites for hydroxylation is 1. The molecule has 0 aliphatic rings. The van der Waals surface area contributed by atoms with Crippen LogP contribution in [-0.4, -0.2) is 24.2 Å². The van der Waals surface area contributed by atoms with E-state index in [1.165, 1.54) is 0 Å². The van der Waals surface area contributed by atoms with Crippen molar-refractivity contribution in [3.8, 4) is 0 Å². The molecule has 4 heteroatoms. The maximum absolute atomic E-state index is 12.0. The Labute approximate surface area is 116 Å². The van der Waals surface area contributed by atoms with Crippen LogP contribution >= 0.6 is 22.6 Å². The van der Waals surface area contributed by atoms with Gasteiger partial charge in [-0.05, 0) is 41.1 Å². The van der Waals surface area contributed by atoms with Crippen LogP contribution in [0.3, 0.4) is 0 Å². The van der Waals surface area contributed by atoms with E-state index < -0.39 is 0 Å². The fourth-order valence-corrected chi connectivity index (χ4v) is 1.90. The highest BCUT2D eigenvalue weighted by atomic mass is 127. The fraction of sp³-hybridized carbons (Fsp3) is 0.462. The molecule has 0 heterocycles. The third-order valence-corrected chi connectivity index (χ3v) is 4.02. The minimum Gasteiger partial charge on any atom is -0.396 e. The van der Waals surface area contributed by atoms with Crippen LogP contribution in [0.15, 0.2) is 18.2 Å². The zero-order valence-corrected chi connectivity index (χ0v) is 12.5. The molecule has 1 amide bonds. The largest absolute Gasteiger partial charge is 0.396 e. The number of carbonyl (C=O) groups is 1. The van der Waals surface area contributed by atoms with Gasteiger partial charge in [0.15, 0.2) is 0 Å². The molecule has 17 heavy (non-hydrogen) atoms. The molecule has 0 fully saturated rings. The van der Waals surface area contributed by atoms with Gasteiger partial charge in [-0.15, -0.1) is 0 Å². The second kappa shape index (κ2) is 5.82. The first-order chi connectivity index (χ1) is 7.87. The lowest BCUT2D eigenvalue weighted by Gasteiger charge is -2.22. The summed E-state index contributed by atoms with van der Waals surface area (Å²) in [4.78, 5) is 12.0. The van der Waals surface area contributed by atoms with E-state index in [0.29, 0.717) is 12.1 Å². The molecule has 0 spiro atoms. The Bertz CT molecular complexity index is 416. The topological polar surface area (TPSA) is 49.3 Å². The van der Waals surface area contributed by atoms with Gasteiger partial charge in [0.05, 0.1) is 5.56 Å². The summed E-state index contributed by atoms with van der Waals surface area (Å²) < 4.78 is 0.976. The average Bonchev–Trinajstić information content (AvgIpc) is 2.30. The predicted octanol–water partition coefficient (Wildman–Crippen LogP) is 2.35. The number of halogens is 1. The van der Waals surface area contributed by atoms with Crippen molar-refractivity contribution in [1.82, 2.24) is 5.32 Å². The Morgan fingerprint density at radius 3 is 2.71 bits per heavy atom. The van der Waals surface area contributed by atoms with Gasteiger partial charge in [-0.3, -0.25) is 4.79 Å². The number of aliphatic hydroxyl groups is 1. The van der Waals surface area contributed by atoms with Crippen LogP contribution in [0.25, 0.3) is 0 Å². The molecule has 0 aliphatic heterocycles. The Balaban J connectivity index is 2.74. The van der Waals surface area contributed by atoms with E-state index in [-0.39, 0.29) is 17.9 Å². The molecule has 1 aromatic carbocycles. The summed E-state index contributed by atoms with van der Waals surface area (Å²) in [6.45, 7) is 6.32. The quantitative estimate of drug-likeness (QED) is 0.822. The number of hydrogen-bond acceptors (Lipinski definition) is 2. The number of amides is 1. The molecule has 0 bridgehead atoms. The van der Waals surface area contributed by atoms with Gasteiger partial charge in [-0.2, -0.15) is 0 Å². The summed E-state index contributed by atoms with van der Waals surface area (Å²) >= 11 is 2.18. The van der Waals surface area contributed by atoms with E-state index in [4.69, 9.17) is 5.11 Å². The lowest BCUT2D eigenvalue weighted by atomic mass is 9.95. The van der Waals surface area contributed by atoms with Crippen molar-refractivity contribution in [2.75, 3.05) is 13.2 Å². The van der Waals surface area contributed by atoms with E-state index in [1.54, 1.807) is 0 Å². The molecule has 0 saturated heterocycles. The molecule has 0 radical (unpaired) electrons. The standard InChI is InChI=1S/C13H18INO2/c1-9-5-4-6-10(11(9)14)12(17)15-7-13(2,3)8-16/h4-6,16H,7-8H2,1-3H3,(H,15,17). The van der Waals surface area contributed by atoms with Gasteiger partial charge in [-0.25, -0.2) is 0 Å². The summed E-state index contributed by atoms with van der Waals surface area (Å²) in [6.07, 6.45) is 0. The molecule has 94 valence electrons. The van der Waals surface area contributed by atoms with Crippen LogP contribution in [0.5, 0.6) is 0 Å². The Morgan fingerprint density at radius 2 is 2.12 bits per heavy atom. The minimum absolute atomic E-state index is 0.0538. The first-order valence-corrected chi connectivity index (χ1v) is 6.59. The molecular formula is C13H18INO2. The van der Waals surface area contributed by atoms with Gasteiger partial charge in [-0.1, -0.05) is 26.0 Å². The highest BCUT2D eigenvalue weighted by Gasteiger charge is 2.19. The van der Waals surface area contributed by atoms with Crippen molar-refractivity contribution in [3.63, 3.8) is 0 Å². The van der Waals surface area contributed by atoms with E-state index in [9.17, 15) is 4.79 Å². The fourth-order valence-electron chi connectivity index (χ4n) is 1.29. The van der Waals surface area contributed by atoms with Crippen molar-refractivity contribution in [3.05, 3.63) is 32.9 Å². The van der Waals surface area contributed by atoms with Crippen molar-refractivity contribution in [2.45, 2.75) is 20.8 Å². The third kappa shape index (κ3) is 3.96. The van der Waals surface area contributed by atoms with Crippen molar-refractivity contribution in [1.29, 1.82) is 0 Å². The van der Waals surface area contributed by atoms with Gasteiger partial charge in [0.1, 0.15) is 0 Å². The first kappa shape index (κ1) is 14.4. The van der Waals surface area contributed by atoms with E-state index >= 15 is 0 Å². The lowest BCUT2D eigenvalue weighted by molar-refractivity contribution is 0.0910. The molecule has 3 nitrogen and oxygen atoms in total. The summed E-state index contributed by atoms with van der Waals surface area (Å²) in [6, 6.07) is 5.68. The number of benzene rings is 1. The van der Waals surface area contributed by atoms with Crippen LogP contribution in [0.1, 0.15) is 29.8 Å². The van der Waals surface area contributed by atoms with Crippen molar-refractivity contribution >= 4 is 28.5 Å². The Morgan fingerprint density at radius 1 is 1.47 bits per heavy atom. The van der Waals surface area contributed by atoms with Crippen molar-refractivity contribution < 1.29 is 9.90 Å². The maximum atomic E-state index is 12.0. The summed E-state index contributed by atoms with van der Waals surface area (Å²) in [5.74, 6) is -0.0837. The van der Waals surface area contributed by atoms with Crippen LogP contribution in [0, 0.1) is 15.9 Å². The van der Waals surface area contributed by atoms with E-state index in [2.05, 4.69) is 27.9 Å². The number of carbonyl (C=O) groups excluding carboxylic acids is 1. The van der Waals surface area contributed by atoms with Crippen LogP contribution in [0.4, 0.5) is 0 Å². The Kier molecular flexibility index (Phi) is 4.94. The second-order valence-corrected chi connectivity index (χ2v) is 6.02. The average molecular weight is 347 g/mol. The predicted molar refractivity (Wildman–Crippen MR) is 77.1 cm³/mol. The normalized spacial score (nSPS) is 11.4. The monoisotopic (exact) mass is 347 g/mol. The van der Waals surface area contributed by atoms with E-state index in [1.807, 2.05) is 39.0 Å². The van der Waals surface area contributed by atoms with Gasteiger partial charge >= 0.3 is 0 Å². The SMILES string of the molecule is Cc1cccc(C(=O)NCC(C)(C)CO)c1I. The summed E-state index contributed by atoms with van der Waals surface area (Å²) in [7, 11) is 0. The molecule has 0 atom stereocenters. The molecule has 0 aromatic heterocycles. The van der Waals surface area contributed by atoms with Gasteiger partial charge in [0.2, 0.25) is 0 Å². The van der Waals surface area contributed by atoms with E-state index in [0.717, 1.165) is 9.13 Å². The highest BCUT2D eigenvalue weighted by molar-refractivity contribution is 14.1. The maximum Gasteiger partial charge on any atom is 0.252 e. The van der Waals surface area contributed by atoms with Crippen LogP contribution in [0.2, 0.25) is 0 Å². The number of nitrogens with one attached hydrogen (secondary N) is 1. The third-order valence-electron chi connectivity index (χ3n) is 2.59. The van der Waals surface area contributed by atoms with Crippen LogP contribution in [-0.2, 0) is 0 Å². The number of aliphatic hydroxyl groups excluding tert-OH is 1. The zero-order valence-electron chi connectivity index (χ0n) is 10.4. The first-order valence-electron chi connectivity index (χ1n) is 5.51. The van der Waals surface area contributed by atoms with Gasteiger partial charge in [0.25, 0.3) is 5.91 Å². The molecule has 0 unspecified atom stereocenters. The molecular weight excluding hydrogens is 329 g/mol.